The van der Waals surface area contributed by atoms with Crippen LogP contribution in [0.25, 0.3) is 0 Å². The number of carbonyl (C=O) groups excluding carboxylic acids is 1. The smallest absolute Gasteiger partial charge is 0.333 e. The Labute approximate surface area is 136 Å². The Bertz CT molecular complexity index is 720. The lowest BCUT2D eigenvalue weighted by Gasteiger charge is -2.21. The van der Waals surface area contributed by atoms with E-state index in [4.69, 9.17) is 16.3 Å². The molecule has 8 heteroatoms. The Morgan fingerprint density at radius 1 is 1.35 bits per heavy atom. The van der Waals surface area contributed by atoms with Gasteiger partial charge in [-0.25, -0.2) is 4.68 Å². The van der Waals surface area contributed by atoms with Crippen LogP contribution in [0.4, 0.5) is 14.5 Å². The summed E-state index contributed by atoms with van der Waals surface area (Å²) in [6.45, 7) is -1.59. The summed E-state index contributed by atoms with van der Waals surface area (Å²) < 4.78 is 31.1. The molecular weight excluding hydrogens is 328 g/mol. The van der Waals surface area contributed by atoms with Crippen LogP contribution in [0.2, 0.25) is 0 Å². The molecule has 0 unspecified atom stereocenters. The van der Waals surface area contributed by atoms with Gasteiger partial charge in [-0.1, -0.05) is 6.07 Å². The fourth-order valence-electron chi connectivity index (χ4n) is 2.45. The molecule has 0 N–H and O–H groups in total. The zero-order valence-corrected chi connectivity index (χ0v) is 12.8. The molecule has 2 heterocycles. The van der Waals surface area contributed by atoms with Crippen LogP contribution in [0.15, 0.2) is 30.5 Å². The zero-order chi connectivity index (χ0) is 16.4. The monoisotopic (exact) mass is 341 g/mol. The molecule has 0 saturated heterocycles. The molecule has 2 aromatic rings. The second-order valence-corrected chi connectivity index (χ2v) is 5.39. The van der Waals surface area contributed by atoms with Crippen molar-refractivity contribution in [1.29, 1.82) is 0 Å². The van der Waals surface area contributed by atoms with Crippen molar-refractivity contribution in [2.45, 2.75) is 26.3 Å². The molecule has 0 aliphatic carbocycles. The number of halogens is 3. The van der Waals surface area contributed by atoms with E-state index in [0.29, 0.717) is 29.3 Å². The summed E-state index contributed by atoms with van der Waals surface area (Å²) in [6, 6.07) is 7.00. The number of fused-ring (bicyclic) bond motifs is 1. The Kier molecular flexibility index (Phi) is 4.58. The van der Waals surface area contributed by atoms with Gasteiger partial charge in [0.1, 0.15) is 5.88 Å². The predicted molar refractivity (Wildman–Crippen MR) is 80.3 cm³/mol. The third kappa shape index (κ3) is 3.35. The van der Waals surface area contributed by atoms with E-state index in [-0.39, 0.29) is 18.3 Å². The summed E-state index contributed by atoms with van der Waals surface area (Å²) in [5.41, 5.74) is 3.09. The summed E-state index contributed by atoms with van der Waals surface area (Å²) >= 11 is 5.67. The third-order valence-corrected chi connectivity index (χ3v) is 3.84. The quantitative estimate of drug-likeness (QED) is 0.785. The van der Waals surface area contributed by atoms with Gasteiger partial charge < -0.3 is 9.64 Å². The van der Waals surface area contributed by atoms with Crippen LogP contribution in [0.1, 0.15) is 23.4 Å². The number of benzene rings is 1. The maximum absolute atomic E-state index is 12.6. The van der Waals surface area contributed by atoms with Crippen molar-refractivity contribution < 1.29 is 18.3 Å². The normalized spacial score (nSPS) is 13.4. The van der Waals surface area contributed by atoms with Crippen LogP contribution in [0, 0.1) is 0 Å². The highest BCUT2D eigenvalue weighted by Gasteiger charge is 2.20. The number of hydrogen-bond acceptors (Lipinski definition) is 3. The molecule has 3 rings (SSSR count). The summed E-state index contributed by atoms with van der Waals surface area (Å²) in [7, 11) is 0. The van der Waals surface area contributed by atoms with Crippen molar-refractivity contribution >= 4 is 23.2 Å². The molecule has 1 aliphatic rings. The second-order valence-electron chi connectivity index (χ2n) is 5.12. The van der Waals surface area contributed by atoms with Crippen LogP contribution in [0.3, 0.4) is 0 Å². The van der Waals surface area contributed by atoms with Crippen molar-refractivity contribution in [3.05, 3.63) is 47.3 Å². The minimum atomic E-state index is -2.71. The SMILES string of the molecule is O=C(CCl)N(Cc1ccn(C(F)F)n1)c1ccc2c(c1)COC2. The number of ether oxygens (including phenoxy) is 1. The fourth-order valence-corrected chi connectivity index (χ4v) is 2.60. The van der Waals surface area contributed by atoms with Gasteiger partial charge in [-0.15, -0.1) is 11.6 Å². The highest BCUT2D eigenvalue weighted by Crippen LogP contribution is 2.26. The lowest BCUT2D eigenvalue weighted by Crippen LogP contribution is -2.31. The zero-order valence-electron chi connectivity index (χ0n) is 12.1. The van der Waals surface area contributed by atoms with E-state index in [1.54, 1.807) is 6.07 Å². The lowest BCUT2D eigenvalue weighted by molar-refractivity contribution is -0.116. The van der Waals surface area contributed by atoms with Crippen molar-refractivity contribution in [3.8, 4) is 0 Å². The van der Waals surface area contributed by atoms with E-state index in [9.17, 15) is 13.6 Å². The summed E-state index contributed by atoms with van der Waals surface area (Å²) in [4.78, 5) is 13.6. The molecule has 23 heavy (non-hydrogen) atoms. The van der Waals surface area contributed by atoms with E-state index >= 15 is 0 Å². The molecule has 0 saturated carbocycles. The molecule has 0 bridgehead atoms. The van der Waals surface area contributed by atoms with Crippen molar-refractivity contribution in [1.82, 2.24) is 9.78 Å². The average molecular weight is 342 g/mol. The Morgan fingerprint density at radius 3 is 2.83 bits per heavy atom. The molecule has 122 valence electrons. The van der Waals surface area contributed by atoms with E-state index < -0.39 is 6.55 Å². The predicted octanol–water partition coefficient (Wildman–Crippen LogP) is 3.08. The summed E-state index contributed by atoms with van der Waals surface area (Å²) in [5.74, 6) is -0.527. The van der Waals surface area contributed by atoms with Gasteiger partial charge in [-0.05, 0) is 29.3 Å². The van der Waals surface area contributed by atoms with E-state index in [1.807, 2.05) is 12.1 Å². The summed E-state index contributed by atoms with van der Waals surface area (Å²) in [5, 5.41) is 3.77. The molecule has 1 aliphatic heterocycles. The number of aromatic nitrogens is 2. The number of alkyl halides is 3. The molecule has 1 aromatic carbocycles. The van der Waals surface area contributed by atoms with Gasteiger partial charge in [0, 0.05) is 11.9 Å². The van der Waals surface area contributed by atoms with E-state index in [2.05, 4.69) is 5.10 Å². The first-order valence-electron chi connectivity index (χ1n) is 6.96. The van der Waals surface area contributed by atoms with Gasteiger partial charge in [0.2, 0.25) is 5.91 Å². The third-order valence-electron chi connectivity index (χ3n) is 3.62. The van der Waals surface area contributed by atoms with Crippen molar-refractivity contribution in [2.24, 2.45) is 0 Å². The molecular formula is C15H14ClF2N3O2. The van der Waals surface area contributed by atoms with Crippen LogP contribution in [0.5, 0.6) is 0 Å². The number of amides is 1. The Hall–Kier alpha value is -1.99. The number of hydrogen-bond donors (Lipinski definition) is 0. The average Bonchev–Trinajstić information content (AvgIpc) is 3.20. The van der Waals surface area contributed by atoms with Gasteiger partial charge in [0.05, 0.1) is 25.5 Å². The molecule has 1 amide bonds. The van der Waals surface area contributed by atoms with Crippen LogP contribution < -0.4 is 4.90 Å². The highest BCUT2D eigenvalue weighted by atomic mass is 35.5. The van der Waals surface area contributed by atoms with Gasteiger partial charge >= 0.3 is 6.55 Å². The fraction of sp³-hybridized carbons (Fsp3) is 0.333. The maximum Gasteiger partial charge on any atom is 0.333 e. The number of carbonyl (C=O) groups is 1. The largest absolute Gasteiger partial charge is 0.372 e. The van der Waals surface area contributed by atoms with Crippen molar-refractivity contribution in [2.75, 3.05) is 10.8 Å². The standard InChI is InChI=1S/C15H14ClF2N3O2/c16-6-14(22)20(7-12-3-4-21(19-12)15(17)18)13-2-1-10-8-23-9-11(10)5-13/h1-5,15H,6-9H2. The Balaban J connectivity index is 1.87. The number of anilines is 1. The molecule has 5 nitrogen and oxygen atoms in total. The van der Waals surface area contributed by atoms with E-state index in [0.717, 1.165) is 11.1 Å². The van der Waals surface area contributed by atoms with Crippen LogP contribution in [-0.2, 0) is 29.3 Å². The Morgan fingerprint density at radius 2 is 2.13 bits per heavy atom. The van der Waals surface area contributed by atoms with E-state index in [1.165, 1.54) is 17.2 Å². The minimum absolute atomic E-state index is 0.0743. The molecule has 0 radical (unpaired) electrons. The lowest BCUT2D eigenvalue weighted by atomic mass is 10.1. The van der Waals surface area contributed by atoms with Crippen molar-refractivity contribution in [3.63, 3.8) is 0 Å². The number of nitrogens with zero attached hydrogens (tertiary/aromatic N) is 3. The second kappa shape index (κ2) is 6.64. The highest BCUT2D eigenvalue weighted by molar-refractivity contribution is 6.29. The van der Waals surface area contributed by atoms with Crippen LogP contribution >= 0.6 is 11.6 Å². The molecule has 0 spiro atoms. The molecule has 0 atom stereocenters. The first kappa shape index (κ1) is 15.9. The van der Waals surface area contributed by atoms with Crippen LogP contribution in [-0.4, -0.2) is 21.6 Å². The van der Waals surface area contributed by atoms with Gasteiger partial charge in [0.15, 0.2) is 0 Å². The minimum Gasteiger partial charge on any atom is -0.372 e. The topological polar surface area (TPSA) is 47.4 Å². The summed E-state index contributed by atoms with van der Waals surface area (Å²) in [6.07, 6.45) is 1.18. The van der Waals surface area contributed by atoms with Gasteiger partial charge in [-0.3, -0.25) is 4.79 Å². The molecule has 0 fully saturated rings. The molecule has 1 aromatic heterocycles. The first-order valence-corrected chi connectivity index (χ1v) is 7.50. The van der Waals surface area contributed by atoms with Gasteiger partial charge in [0.25, 0.3) is 0 Å². The first-order chi connectivity index (χ1) is 11.1. The maximum atomic E-state index is 12.6. The number of rotatable bonds is 5. The van der Waals surface area contributed by atoms with Gasteiger partial charge in [-0.2, -0.15) is 13.9 Å².